The SMILES string of the molecule is Cc1cc(C(=O)c2ccco2)cc(=O)o1. The molecule has 0 radical (unpaired) electrons. The summed E-state index contributed by atoms with van der Waals surface area (Å²) in [5, 5.41) is 0. The van der Waals surface area contributed by atoms with Gasteiger partial charge >= 0.3 is 5.63 Å². The number of furan rings is 1. The van der Waals surface area contributed by atoms with Gasteiger partial charge in [0.05, 0.1) is 6.26 Å². The molecule has 0 saturated heterocycles. The van der Waals surface area contributed by atoms with Crippen molar-refractivity contribution in [1.82, 2.24) is 0 Å². The van der Waals surface area contributed by atoms with Crippen LogP contribution in [0.4, 0.5) is 0 Å². The van der Waals surface area contributed by atoms with E-state index in [4.69, 9.17) is 8.83 Å². The van der Waals surface area contributed by atoms with Gasteiger partial charge < -0.3 is 8.83 Å². The van der Waals surface area contributed by atoms with E-state index in [1.54, 1.807) is 19.1 Å². The van der Waals surface area contributed by atoms with Crippen LogP contribution in [-0.4, -0.2) is 5.78 Å². The molecule has 0 fully saturated rings. The van der Waals surface area contributed by atoms with Crippen molar-refractivity contribution >= 4 is 5.78 Å². The highest BCUT2D eigenvalue weighted by atomic mass is 16.4. The van der Waals surface area contributed by atoms with Crippen LogP contribution in [0.2, 0.25) is 0 Å². The molecule has 0 aliphatic heterocycles. The van der Waals surface area contributed by atoms with Gasteiger partial charge in [0.25, 0.3) is 0 Å². The first-order chi connectivity index (χ1) is 7.16. The van der Waals surface area contributed by atoms with E-state index in [0.29, 0.717) is 5.76 Å². The van der Waals surface area contributed by atoms with E-state index in [1.165, 1.54) is 12.3 Å². The van der Waals surface area contributed by atoms with Crippen molar-refractivity contribution in [2.24, 2.45) is 0 Å². The molecule has 76 valence electrons. The van der Waals surface area contributed by atoms with Gasteiger partial charge in [-0.1, -0.05) is 0 Å². The summed E-state index contributed by atoms with van der Waals surface area (Å²) >= 11 is 0. The lowest BCUT2D eigenvalue weighted by atomic mass is 10.1. The molecule has 0 amide bonds. The fourth-order valence-corrected chi connectivity index (χ4v) is 1.29. The third-order valence-corrected chi connectivity index (χ3v) is 1.90. The average Bonchev–Trinajstić information content (AvgIpc) is 2.67. The standard InChI is InChI=1S/C11H8O4/c1-7-5-8(6-10(12)15-7)11(13)9-3-2-4-14-9/h2-6H,1H3. The van der Waals surface area contributed by atoms with E-state index in [2.05, 4.69) is 0 Å². The summed E-state index contributed by atoms with van der Waals surface area (Å²) in [6.45, 7) is 1.61. The van der Waals surface area contributed by atoms with Crippen LogP contribution >= 0.6 is 0 Å². The number of aryl methyl sites for hydroxylation is 1. The fraction of sp³-hybridized carbons (Fsp3) is 0.0909. The molecule has 4 heteroatoms. The first-order valence-corrected chi connectivity index (χ1v) is 4.37. The topological polar surface area (TPSA) is 60.4 Å². The van der Waals surface area contributed by atoms with Gasteiger partial charge in [-0.3, -0.25) is 4.79 Å². The maximum atomic E-state index is 11.7. The summed E-state index contributed by atoms with van der Waals surface area (Å²) in [5.41, 5.74) is -0.261. The predicted molar refractivity (Wildman–Crippen MR) is 51.9 cm³/mol. The number of ketones is 1. The summed E-state index contributed by atoms with van der Waals surface area (Å²) in [4.78, 5) is 22.8. The summed E-state index contributed by atoms with van der Waals surface area (Å²) in [6.07, 6.45) is 1.41. The Morgan fingerprint density at radius 3 is 2.73 bits per heavy atom. The highest BCUT2D eigenvalue weighted by Crippen LogP contribution is 2.09. The van der Waals surface area contributed by atoms with Gasteiger partial charge in [-0.2, -0.15) is 0 Å². The van der Waals surface area contributed by atoms with Crippen LogP contribution in [0.3, 0.4) is 0 Å². The lowest BCUT2D eigenvalue weighted by Crippen LogP contribution is -2.06. The molecule has 2 heterocycles. The molecule has 0 atom stereocenters. The van der Waals surface area contributed by atoms with E-state index < -0.39 is 5.63 Å². The molecule has 15 heavy (non-hydrogen) atoms. The molecule has 0 saturated carbocycles. The predicted octanol–water partition coefficient (Wildman–Crippen LogP) is 1.77. The second kappa shape index (κ2) is 3.57. The molecule has 4 nitrogen and oxygen atoms in total. The van der Waals surface area contributed by atoms with Gasteiger partial charge in [-0.25, -0.2) is 4.79 Å². The maximum Gasteiger partial charge on any atom is 0.336 e. The van der Waals surface area contributed by atoms with Crippen molar-refractivity contribution in [3.63, 3.8) is 0 Å². The Bertz CT molecular complexity index is 534. The van der Waals surface area contributed by atoms with Gasteiger partial charge in [-0.05, 0) is 25.1 Å². The summed E-state index contributed by atoms with van der Waals surface area (Å²) in [5.74, 6) is 0.286. The number of carbonyl (C=O) groups excluding carboxylic acids is 1. The maximum absolute atomic E-state index is 11.7. The third kappa shape index (κ3) is 1.88. The Hall–Kier alpha value is -2.10. The van der Waals surface area contributed by atoms with Gasteiger partial charge in [0, 0.05) is 11.6 Å². The monoisotopic (exact) mass is 204 g/mol. The van der Waals surface area contributed by atoms with Crippen LogP contribution in [-0.2, 0) is 0 Å². The van der Waals surface area contributed by atoms with E-state index in [1.807, 2.05) is 0 Å². The van der Waals surface area contributed by atoms with Gasteiger partial charge in [0.15, 0.2) is 5.76 Å². The number of hydrogen-bond donors (Lipinski definition) is 0. The second-order valence-electron chi connectivity index (χ2n) is 3.08. The molecule has 2 aromatic rings. The molecule has 2 aromatic heterocycles. The van der Waals surface area contributed by atoms with Gasteiger partial charge in [0.1, 0.15) is 5.76 Å². The molecular formula is C11H8O4. The molecule has 0 bridgehead atoms. The van der Waals surface area contributed by atoms with Crippen LogP contribution in [0.25, 0.3) is 0 Å². The average molecular weight is 204 g/mol. The molecule has 0 N–H and O–H groups in total. The van der Waals surface area contributed by atoms with E-state index >= 15 is 0 Å². The first kappa shape index (κ1) is 9.45. The molecule has 0 aromatic carbocycles. The Morgan fingerprint density at radius 1 is 1.33 bits per heavy atom. The molecule has 0 aliphatic carbocycles. The van der Waals surface area contributed by atoms with Crippen molar-refractivity contribution in [2.45, 2.75) is 6.92 Å². The quantitative estimate of drug-likeness (QED) is 0.699. The van der Waals surface area contributed by atoms with Crippen molar-refractivity contribution in [2.75, 3.05) is 0 Å². The Morgan fingerprint density at radius 2 is 2.13 bits per heavy atom. The third-order valence-electron chi connectivity index (χ3n) is 1.90. The lowest BCUT2D eigenvalue weighted by molar-refractivity contribution is 0.101. The minimum absolute atomic E-state index is 0.208. The van der Waals surface area contributed by atoms with Crippen LogP contribution in [0.1, 0.15) is 21.9 Å². The highest BCUT2D eigenvalue weighted by molar-refractivity contribution is 6.06. The first-order valence-electron chi connectivity index (χ1n) is 4.37. The van der Waals surface area contributed by atoms with Gasteiger partial charge in [0.2, 0.25) is 5.78 Å². The normalized spacial score (nSPS) is 10.2. The van der Waals surface area contributed by atoms with E-state index in [-0.39, 0.29) is 17.1 Å². The summed E-state index contributed by atoms with van der Waals surface area (Å²) in [7, 11) is 0. The summed E-state index contributed by atoms with van der Waals surface area (Å²) in [6, 6.07) is 5.82. The Labute approximate surface area is 85.1 Å². The fourth-order valence-electron chi connectivity index (χ4n) is 1.29. The number of rotatable bonds is 2. The summed E-state index contributed by atoms with van der Waals surface area (Å²) < 4.78 is 9.69. The van der Waals surface area contributed by atoms with E-state index in [9.17, 15) is 9.59 Å². The second-order valence-corrected chi connectivity index (χ2v) is 3.08. The van der Waals surface area contributed by atoms with Crippen molar-refractivity contribution in [3.05, 3.63) is 58.0 Å². The van der Waals surface area contributed by atoms with Gasteiger partial charge in [-0.15, -0.1) is 0 Å². The van der Waals surface area contributed by atoms with E-state index in [0.717, 1.165) is 6.07 Å². The van der Waals surface area contributed by atoms with Crippen molar-refractivity contribution in [3.8, 4) is 0 Å². The van der Waals surface area contributed by atoms with Crippen molar-refractivity contribution < 1.29 is 13.6 Å². The van der Waals surface area contributed by atoms with Crippen LogP contribution in [0, 0.1) is 6.92 Å². The zero-order chi connectivity index (χ0) is 10.8. The molecule has 2 rings (SSSR count). The molecule has 0 aliphatic rings. The molecule has 0 spiro atoms. The van der Waals surface area contributed by atoms with Crippen molar-refractivity contribution in [1.29, 1.82) is 0 Å². The largest absolute Gasteiger partial charge is 0.461 e. The molecular weight excluding hydrogens is 196 g/mol. The van der Waals surface area contributed by atoms with Crippen LogP contribution < -0.4 is 5.63 Å². The minimum atomic E-state index is -0.537. The minimum Gasteiger partial charge on any atom is -0.461 e. The van der Waals surface area contributed by atoms with Crippen LogP contribution in [0.5, 0.6) is 0 Å². The zero-order valence-electron chi connectivity index (χ0n) is 8.02. The smallest absolute Gasteiger partial charge is 0.336 e. The Balaban J connectivity index is 2.47. The number of carbonyl (C=O) groups is 1. The highest BCUT2D eigenvalue weighted by Gasteiger charge is 2.13. The zero-order valence-corrected chi connectivity index (χ0v) is 8.02. The molecule has 0 unspecified atom stereocenters. The Kier molecular flexibility index (Phi) is 2.25. The number of hydrogen-bond acceptors (Lipinski definition) is 4. The lowest BCUT2D eigenvalue weighted by Gasteiger charge is -1.97. The van der Waals surface area contributed by atoms with Crippen LogP contribution in [0.15, 0.2) is 44.2 Å².